The predicted octanol–water partition coefficient (Wildman–Crippen LogP) is 1.53. The van der Waals surface area contributed by atoms with Gasteiger partial charge in [0.1, 0.15) is 0 Å². The van der Waals surface area contributed by atoms with Gasteiger partial charge >= 0.3 is 12.4 Å². The van der Waals surface area contributed by atoms with Crippen molar-refractivity contribution in [2.75, 3.05) is 6.61 Å². The van der Waals surface area contributed by atoms with Crippen LogP contribution in [0.2, 0.25) is 0 Å². The lowest BCUT2D eigenvalue weighted by Gasteiger charge is -2.36. The van der Waals surface area contributed by atoms with Gasteiger partial charge in [-0.1, -0.05) is 13.8 Å². The SMILES string of the molecule is CCOC(=O)C1=C[C@@H](OC(CC)CC)C(N)[C@@H](NC(=O)C(F)F)C1. The van der Waals surface area contributed by atoms with Crippen molar-refractivity contribution in [2.45, 2.75) is 70.8 Å². The zero-order chi connectivity index (χ0) is 18.3. The summed E-state index contributed by atoms with van der Waals surface area (Å²) in [5.41, 5.74) is 6.36. The summed E-state index contributed by atoms with van der Waals surface area (Å²) < 4.78 is 35.9. The first-order valence-electron chi connectivity index (χ1n) is 8.21. The van der Waals surface area contributed by atoms with Crippen molar-refractivity contribution in [2.24, 2.45) is 5.73 Å². The van der Waals surface area contributed by atoms with E-state index in [-0.39, 0.29) is 24.7 Å². The lowest BCUT2D eigenvalue weighted by molar-refractivity contribution is -0.139. The van der Waals surface area contributed by atoms with Gasteiger partial charge in [0, 0.05) is 12.0 Å². The Labute approximate surface area is 140 Å². The molecule has 0 fully saturated rings. The molecule has 6 nitrogen and oxygen atoms in total. The Kier molecular flexibility index (Phi) is 8.27. The highest BCUT2D eigenvalue weighted by molar-refractivity contribution is 5.89. The van der Waals surface area contributed by atoms with Crippen molar-refractivity contribution >= 4 is 11.9 Å². The summed E-state index contributed by atoms with van der Waals surface area (Å²) in [6.07, 6.45) is -0.788. The Morgan fingerprint density at radius 2 is 1.96 bits per heavy atom. The number of rotatable bonds is 8. The van der Waals surface area contributed by atoms with Crippen molar-refractivity contribution in [3.63, 3.8) is 0 Å². The molecule has 0 aromatic heterocycles. The number of hydrogen-bond acceptors (Lipinski definition) is 5. The molecule has 0 aliphatic heterocycles. The fourth-order valence-corrected chi connectivity index (χ4v) is 2.58. The van der Waals surface area contributed by atoms with E-state index in [1.807, 2.05) is 13.8 Å². The molecule has 1 amide bonds. The van der Waals surface area contributed by atoms with E-state index in [2.05, 4.69) is 5.32 Å². The second-order valence-corrected chi connectivity index (χ2v) is 5.65. The fourth-order valence-electron chi connectivity index (χ4n) is 2.58. The molecule has 0 saturated heterocycles. The Morgan fingerprint density at radius 3 is 2.46 bits per heavy atom. The maximum Gasteiger partial charge on any atom is 0.333 e. The average molecular weight is 348 g/mol. The van der Waals surface area contributed by atoms with Crippen LogP contribution in [-0.2, 0) is 19.1 Å². The first-order valence-corrected chi connectivity index (χ1v) is 8.21. The van der Waals surface area contributed by atoms with Gasteiger partial charge in [0.15, 0.2) is 0 Å². The van der Waals surface area contributed by atoms with Gasteiger partial charge in [0.25, 0.3) is 5.91 Å². The molecule has 0 spiro atoms. The van der Waals surface area contributed by atoms with E-state index in [0.717, 1.165) is 12.8 Å². The van der Waals surface area contributed by atoms with Crippen LogP contribution in [0.4, 0.5) is 8.78 Å². The van der Waals surface area contributed by atoms with E-state index in [9.17, 15) is 18.4 Å². The Balaban J connectivity index is 2.98. The molecule has 0 bridgehead atoms. The number of alkyl halides is 2. The third-order valence-corrected chi connectivity index (χ3v) is 3.97. The maximum absolute atomic E-state index is 12.5. The van der Waals surface area contributed by atoms with Crippen LogP contribution >= 0.6 is 0 Å². The normalized spacial score (nSPS) is 24.0. The standard InChI is InChI=1S/C16H26F2N2O4/c1-4-10(5-2)24-12-8-9(16(22)23-6-3)7-11(13(12)19)20-15(21)14(17)18/h8,10-14H,4-7,19H2,1-3H3,(H,20,21)/t11-,12+,13?/m0/s1. The minimum absolute atomic E-state index is 0.0290. The van der Waals surface area contributed by atoms with E-state index < -0.39 is 36.5 Å². The van der Waals surface area contributed by atoms with E-state index in [0.29, 0.717) is 0 Å². The maximum atomic E-state index is 12.5. The summed E-state index contributed by atoms with van der Waals surface area (Å²) in [4.78, 5) is 23.3. The first kappa shape index (κ1) is 20.5. The lowest BCUT2D eigenvalue weighted by Crippen LogP contribution is -2.57. The van der Waals surface area contributed by atoms with Crippen LogP contribution in [0.3, 0.4) is 0 Å². The number of halogens is 2. The van der Waals surface area contributed by atoms with Crippen LogP contribution < -0.4 is 11.1 Å². The molecule has 0 radical (unpaired) electrons. The predicted molar refractivity (Wildman–Crippen MR) is 84.5 cm³/mol. The second-order valence-electron chi connectivity index (χ2n) is 5.65. The number of amides is 1. The van der Waals surface area contributed by atoms with Crippen molar-refractivity contribution < 1.29 is 27.8 Å². The molecule has 1 aliphatic carbocycles. The first-order chi connectivity index (χ1) is 11.3. The van der Waals surface area contributed by atoms with Gasteiger partial charge in [-0.3, -0.25) is 4.79 Å². The third kappa shape index (κ3) is 5.52. The highest BCUT2D eigenvalue weighted by Crippen LogP contribution is 2.24. The molecule has 1 rings (SSSR count). The molecule has 8 heteroatoms. The van der Waals surface area contributed by atoms with Gasteiger partial charge in [-0.05, 0) is 25.8 Å². The number of hydrogen-bond donors (Lipinski definition) is 2. The molecule has 3 N–H and O–H groups in total. The zero-order valence-electron chi connectivity index (χ0n) is 14.3. The number of nitrogens with two attached hydrogens (primary N) is 1. The molecular weight excluding hydrogens is 322 g/mol. The highest BCUT2D eigenvalue weighted by Gasteiger charge is 2.36. The number of carbonyl (C=O) groups excluding carboxylic acids is 2. The summed E-state index contributed by atoms with van der Waals surface area (Å²) in [7, 11) is 0. The van der Waals surface area contributed by atoms with E-state index in [1.54, 1.807) is 13.0 Å². The summed E-state index contributed by atoms with van der Waals surface area (Å²) in [6.45, 7) is 5.76. The molecule has 0 saturated carbocycles. The quantitative estimate of drug-likeness (QED) is 0.649. The largest absolute Gasteiger partial charge is 0.463 e. The van der Waals surface area contributed by atoms with Gasteiger partial charge in [0.2, 0.25) is 0 Å². The van der Waals surface area contributed by atoms with Crippen LogP contribution in [0.25, 0.3) is 0 Å². The molecule has 1 aliphatic rings. The third-order valence-electron chi connectivity index (χ3n) is 3.97. The summed E-state index contributed by atoms with van der Waals surface area (Å²) >= 11 is 0. The molecule has 1 unspecified atom stereocenters. The van der Waals surface area contributed by atoms with Crippen LogP contribution in [0.15, 0.2) is 11.6 Å². The van der Waals surface area contributed by atoms with E-state index in [1.165, 1.54) is 0 Å². The highest BCUT2D eigenvalue weighted by atomic mass is 19.3. The minimum atomic E-state index is -3.15. The average Bonchev–Trinajstić information content (AvgIpc) is 2.55. The van der Waals surface area contributed by atoms with Crippen molar-refractivity contribution in [3.05, 3.63) is 11.6 Å². The Morgan fingerprint density at radius 1 is 1.33 bits per heavy atom. The van der Waals surface area contributed by atoms with Crippen LogP contribution in [0.1, 0.15) is 40.0 Å². The van der Waals surface area contributed by atoms with E-state index >= 15 is 0 Å². The minimum Gasteiger partial charge on any atom is -0.463 e. The molecule has 138 valence electrons. The number of ether oxygens (including phenoxy) is 2. The summed E-state index contributed by atoms with van der Waals surface area (Å²) in [5.74, 6) is -1.97. The van der Waals surface area contributed by atoms with Gasteiger partial charge in [-0.15, -0.1) is 0 Å². The van der Waals surface area contributed by atoms with Crippen molar-refractivity contribution in [3.8, 4) is 0 Å². The Bertz CT molecular complexity index is 467. The number of carbonyl (C=O) groups is 2. The molecule has 0 aromatic rings. The second kappa shape index (κ2) is 9.68. The summed E-state index contributed by atoms with van der Waals surface area (Å²) in [5, 5.41) is 2.19. The van der Waals surface area contributed by atoms with Gasteiger partial charge in [-0.2, -0.15) is 8.78 Å². The van der Waals surface area contributed by atoms with Crippen molar-refractivity contribution in [1.82, 2.24) is 5.32 Å². The summed E-state index contributed by atoms with van der Waals surface area (Å²) in [6, 6.07) is -1.55. The molecule has 24 heavy (non-hydrogen) atoms. The van der Waals surface area contributed by atoms with Crippen LogP contribution in [0, 0.1) is 0 Å². The molecule has 3 atom stereocenters. The van der Waals surface area contributed by atoms with Gasteiger partial charge in [0.05, 0.1) is 30.9 Å². The Hall–Kier alpha value is -1.54. The molecule has 0 aromatic carbocycles. The fraction of sp³-hybridized carbons (Fsp3) is 0.750. The smallest absolute Gasteiger partial charge is 0.333 e. The van der Waals surface area contributed by atoms with Crippen LogP contribution in [0.5, 0.6) is 0 Å². The van der Waals surface area contributed by atoms with Crippen LogP contribution in [-0.4, -0.2) is 49.2 Å². The van der Waals surface area contributed by atoms with E-state index in [4.69, 9.17) is 15.2 Å². The zero-order valence-corrected chi connectivity index (χ0v) is 14.3. The number of esters is 1. The number of nitrogens with one attached hydrogen (secondary N) is 1. The van der Waals surface area contributed by atoms with Gasteiger partial charge in [-0.25, -0.2) is 4.79 Å². The van der Waals surface area contributed by atoms with Crippen molar-refractivity contribution in [1.29, 1.82) is 0 Å². The molecule has 0 heterocycles. The lowest BCUT2D eigenvalue weighted by atomic mass is 9.88. The van der Waals surface area contributed by atoms with Gasteiger partial charge < -0.3 is 20.5 Å². The topological polar surface area (TPSA) is 90.7 Å². The monoisotopic (exact) mass is 348 g/mol. The molecular formula is C16H26F2N2O4.